The minimum absolute atomic E-state index is 0.0608. The zero-order chi connectivity index (χ0) is 15.0. The van der Waals surface area contributed by atoms with Gasteiger partial charge in [-0.25, -0.2) is 8.42 Å². The largest absolute Gasteiger partial charge is 0.385 e. The molecule has 0 aromatic carbocycles. The SMILES string of the molecule is COCCCN(CCOC)S(=O)(=O)c1ccc(=O)[nH]c1. The lowest BCUT2D eigenvalue weighted by molar-refractivity contribution is 0.164. The average Bonchev–Trinajstić information content (AvgIpc) is 2.43. The number of methoxy groups -OCH3 is 2. The number of pyridine rings is 1. The minimum atomic E-state index is -3.64. The highest BCUT2D eigenvalue weighted by molar-refractivity contribution is 7.89. The van der Waals surface area contributed by atoms with Crippen molar-refractivity contribution in [2.24, 2.45) is 0 Å². The van der Waals surface area contributed by atoms with Crippen LogP contribution in [0.25, 0.3) is 0 Å². The molecule has 0 fully saturated rings. The van der Waals surface area contributed by atoms with Crippen molar-refractivity contribution in [2.75, 3.05) is 40.5 Å². The van der Waals surface area contributed by atoms with E-state index in [0.717, 1.165) is 0 Å². The second-order valence-corrected chi connectivity index (χ2v) is 6.07. The minimum Gasteiger partial charge on any atom is -0.385 e. The van der Waals surface area contributed by atoms with Crippen molar-refractivity contribution in [3.63, 3.8) is 0 Å². The van der Waals surface area contributed by atoms with Crippen LogP contribution < -0.4 is 5.56 Å². The van der Waals surface area contributed by atoms with Crippen LogP contribution in [0, 0.1) is 0 Å². The van der Waals surface area contributed by atoms with Crippen LogP contribution in [0.5, 0.6) is 0 Å². The third-order valence-corrected chi connectivity index (χ3v) is 4.59. The third kappa shape index (κ3) is 4.71. The molecule has 0 unspecified atom stereocenters. The average molecular weight is 304 g/mol. The number of nitrogens with zero attached hydrogens (tertiary/aromatic N) is 1. The summed E-state index contributed by atoms with van der Waals surface area (Å²) in [6.45, 7) is 1.36. The molecule has 0 radical (unpaired) electrons. The summed E-state index contributed by atoms with van der Waals surface area (Å²) in [6.07, 6.45) is 1.79. The maximum atomic E-state index is 12.5. The van der Waals surface area contributed by atoms with Gasteiger partial charge in [-0.05, 0) is 12.5 Å². The normalized spacial score (nSPS) is 11.9. The van der Waals surface area contributed by atoms with Crippen molar-refractivity contribution < 1.29 is 17.9 Å². The fourth-order valence-corrected chi connectivity index (χ4v) is 3.07. The number of aromatic amines is 1. The van der Waals surface area contributed by atoms with Crippen LogP contribution in [0.1, 0.15) is 6.42 Å². The van der Waals surface area contributed by atoms with Gasteiger partial charge in [0.1, 0.15) is 0 Å². The molecule has 0 saturated heterocycles. The Morgan fingerprint density at radius 3 is 2.40 bits per heavy atom. The van der Waals surface area contributed by atoms with Crippen LogP contribution >= 0.6 is 0 Å². The van der Waals surface area contributed by atoms with E-state index in [1.807, 2.05) is 0 Å². The maximum absolute atomic E-state index is 12.5. The van der Waals surface area contributed by atoms with E-state index in [1.54, 1.807) is 7.11 Å². The number of hydrogen-bond acceptors (Lipinski definition) is 5. The second-order valence-electron chi connectivity index (χ2n) is 4.13. The fourth-order valence-electron chi connectivity index (χ4n) is 1.64. The number of H-pyrrole nitrogens is 1. The van der Waals surface area contributed by atoms with E-state index in [4.69, 9.17) is 9.47 Å². The van der Waals surface area contributed by atoms with E-state index < -0.39 is 10.0 Å². The lowest BCUT2D eigenvalue weighted by atomic mass is 10.4. The maximum Gasteiger partial charge on any atom is 0.247 e. The summed E-state index contributed by atoms with van der Waals surface area (Å²) in [7, 11) is -0.564. The number of aromatic nitrogens is 1. The molecule has 0 spiro atoms. The molecule has 114 valence electrons. The highest BCUT2D eigenvalue weighted by Gasteiger charge is 2.23. The zero-order valence-electron chi connectivity index (χ0n) is 11.7. The summed E-state index contributed by atoms with van der Waals surface area (Å²) < 4.78 is 36.1. The third-order valence-electron chi connectivity index (χ3n) is 2.69. The van der Waals surface area contributed by atoms with Crippen molar-refractivity contribution >= 4 is 10.0 Å². The topological polar surface area (TPSA) is 88.7 Å². The van der Waals surface area contributed by atoms with Crippen LogP contribution in [-0.4, -0.2) is 58.2 Å². The molecular formula is C12H20N2O5S. The fraction of sp³-hybridized carbons (Fsp3) is 0.583. The van der Waals surface area contributed by atoms with Crippen LogP contribution in [0.4, 0.5) is 0 Å². The van der Waals surface area contributed by atoms with Crippen molar-refractivity contribution in [3.8, 4) is 0 Å². The van der Waals surface area contributed by atoms with Crippen LogP contribution in [-0.2, 0) is 19.5 Å². The smallest absolute Gasteiger partial charge is 0.247 e. The molecule has 0 amide bonds. The van der Waals surface area contributed by atoms with Gasteiger partial charge < -0.3 is 14.5 Å². The standard InChI is InChI=1S/C12H20N2O5S/c1-18-8-3-6-14(7-9-19-2)20(16,17)11-4-5-12(15)13-10-11/h4-5,10H,3,6-9H2,1-2H3,(H,13,15). The molecule has 0 atom stereocenters. The highest BCUT2D eigenvalue weighted by atomic mass is 32.2. The van der Waals surface area contributed by atoms with Gasteiger partial charge in [0.05, 0.1) is 11.5 Å². The van der Waals surface area contributed by atoms with Gasteiger partial charge in [0.25, 0.3) is 0 Å². The molecule has 0 aliphatic rings. The van der Waals surface area contributed by atoms with Gasteiger partial charge >= 0.3 is 0 Å². The number of rotatable bonds is 9. The molecule has 0 bridgehead atoms. The van der Waals surface area contributed by atoms with Crippen LogP contribution in [0.3, 0.4) is 0 Å². The van der Waals surface area contributed by atoms with Crippen molar-refractivity contribution in [3.05, 3.63) is 28.7 Å². The second kappa shape index (κ2) is 8.15. The lowest BCUT2D eigenvalue weighted by Crippen LogP contribution is -2.35. The predicted molar refractivity (Wildman–Crippen MR) is 74.2 cm³/mol. The number of sulfonamides is 1. The summed E-state index contributed by atoms with van der Waals surface area (Å²) in [5, 5.41) is 0. The van der Waals surface area contributed by atoms with Gasteiger partial charge in [0.15, 0.2) is 0 Å². The molecule has 1 N–H and O–H groups in total. The number of ether oxygens (including phenoxy) is 2. The van der Waals surface area contributed by atoms with Crippen molar-refractivity contribution in [2.45, 2.75) is 11.3 Å². The van der Waals surface area contributed by atoms with E-state index in [-0.39, 0.29) is 17.0 Å². The molecule has 20 heavy (non-hydrogen) atoms. The molecule has 1 rings (SSSR count). The van der Waals surface area contributed by atoms with E-state index in [0.29, 0.717) is 26.2 Å². The van der Waals surface area contributed by atoms with Gasteiger partial charge in [-0.15, -0.1) is 0 Å². The van der Waals surface area contributed by atoms with Gasteiger partial charge in [0, 0.05) is 46.2 Å². The van der Waals surface area contributed by atoms with Gasteiger partial charge in [-0.3, -0.25) is 4.79 Å². The molecular weight excluding hydrogens is 284 g/mol. The molecule has 7 nitrogen and oxygen atoms in total. The van der Waals surface area contributed by atoms with Gasteiger partial charge in [-0.1, -0.05) is 0 Å². The first kappa shape index (κ1) is 16.8. The Bertz CT molecular complexity index is 535. The summed E-state index contributed by atoms with van der Waals surface area (Å²) in [5.41, 5.74) is -0.341. The highest BCUT2D eigenvalue weighted by Crippen LogP contribution is 2.13. The molecule has 0 saturated carbocycles. The Balaban J connectivity index is 2.90. The quantitative estimate of drug-likeness (QED) is 0.651. The van der Waals surface area contributed by atoms with E-state index in [2.05, 4.69) is 4.98 Å². The Hall–Kier alpha value is -1.22. The molecule has 0 aliphatic carbocycles. The zero-order valence-corrected chi connectivity index (χ0v) is 12.5. The Labute approximate surface area is 118 Å². The first-order valence-corrected chi connectivity index (χ1v) is 7.63. The first-order chi connectivity index (χ1) is 9.52. The first-order valence-electron chi connectivity index (χ1n) is 6.19. The molecule has 0 aliphatic heterocycles. The van der Waals surface area contributed by atoms with Crippen LogP contribution in [0.2, 0.25) is 0 Å². The van der Waals surface area contributed by atoms with Gasteiger partial charge in [0.2, 0.25) is 15.6 Å². The van der Waals surface area contributed by atoms with Crippen molar-refractivity contribution in [1.82, 2.24) is 9.29 Å². The van der Waals surface area contributed by atoms with E-state index in [9.17, 15) is 13.2 Å². The summed E-state index contributed by atoms with van der Waals surface area (Å²) in [6, 6.07) is 2.49. The Morgan fingerprint density at radius 2 is 1.85 bits per heavy atom. The van der Waals surface area contributed by atoms with E-state index >= 15 is 0 Å². The lowest BCUT2D eigenvalue weighted by Gasteiger charge is -2.21. The summed E-state index contributed by atoms with van der Waals surface area (Å²) in [5.74, 6) is 0. The number of nitrogens with one attached hydrogen (secondary N) is 1. The molecule has 1 heterocycles. The predicted octanol–water partition coefficient (Wildman–Crippen LogP) is 0.0485. The number of hydrogen-bond donors (Lipinski definition) is 1. The summed E-state index contributed by atoms with van der Waals surface area (Å²) in [4.78, 5) is 13.4. The van der Waals surface area contributed by atoms with Crippen molar-refractivity contribution in [1.29, 1.82) is 0 Å². The summed E-state index contributed by atoms with van der Waals surface area (Å²) >= 11 is 0. The van der Waals surface area contributed by atoms with Crippen LogP contribution in [0.15, 0.2) is 28.0 Å². The monoisotopic (exact) mass is 304 g/mol. The Morgan fingerprint density at radius 1 is 1.15 bits per heavy atom. The molecule has 8 heteroatoms. The molecule has 1 aromatic heterocycles. The van der Waals surface area contributed by atoms with Gasteiger partial charge in [-0.2, -0.15) is 4.31 Å². The molecule has 1 aromatic rings. The van der Waals surface area contributed by atoms with E-state index in [1.165, 1.54) is 29.7 Å². The Kier molecular flexibility index (Phi) is 6.86.